The molecule has 0 saturated heterocycles. The van der Waals surface area contributed by atoms with Crippen LogP contribution in [-0.4, -0.2) is 65.6 Å². The number of ether oxygens (including phenoxy) is 1. The third-order valence-electron chi connectivity index (χ3n) is 1.43. The molecule has 1 unspecified atom stereocenters. The molecule has 0 radical (unpaired) electrons. The molecule has 0 amide bonds. The molecule has 1 atom stereocenters. The van der Waals surface area contributed by atoms with Crippen LogP contribution in [0.5, 0.6) is 0 Å². The van der Waals surface area contributed by atoms with Crippen molar-refractivity contribution in [1.82, 2.24) is 3.13 Å². The fourth-order valence-corrected chi connectivity index (χ4v) is 3.09. The minimum atomic E-state index is -2.57. The summed E-state index contributed by atoms with van der Waals surface area (Å²) >= 11 is 5.97. The zero-order valence-electron chi connectivity index (χ0n) is 12.0. The molecule has 0 aliphatic rings. The molecule has 1 N–H and O–H groups in total. The van der Waals surface area contributed by atoms with Gasteiger partial charge in [0.25, 0.3) is 0 Å². The van der Waals surface area contributed by atoms with E-state index in [2.05, 4.69) is 3.13 Å². The van der Waals surface area contributed by atoms with Crippen molar-refractivity contribution in [3.8, 4) is 0 Å². The molecule has 0 aromatic carbocycles. The number of rotatable bonds is 10. The van der Waals surface area contributed by atoms with E-state index in [0.717, 1.165) is 32.6 Å². The third kappa shape index (κ3) is 13.8. The van der Waals surface area contributed by atoms with Crippen molar-refractivity contribution < 1.29 is 18.3 Å². The first-order valence-corrected chi connectivity index (χ1v) is 10.8. The fraction of sp³-hybridized carbons (Fsp3) is 1.00. The Balaban J connectivity index is 0. The molecule has 0 bridgehead atoms. The van der Waals surface area contributed by atoms with Gasteiger partial charge in [-0.1, -0.05) is 13.8 Å². The molecule has 0 saturated carbocycles. The van der Waals surface area contributed by atoms with Crippen LogP contribution in [0, 0.1) is 0 Å². The average Bonchev–Trinajstić information content (AvgIpc) is 2.35. The molecule has 5 nitrogen and oxygen atoms in total. The molecule has 0 aliphatic heterocycles. The first kappa shape index (κ1) is 21.7. The summed E-state index contributed by atoms with van der Waals surface area (Å²) in [5.41, 5.74) is 0. The van der Waals surface area contributed by atoms with Gasteiger partial charge in [0.2, 0.25) is 0 Å². The molecular formula is C10H25NO4PSTl. The predicted octanol–water partition coefficient (Wildman–Crippen LogP) is 2.01. The van der Waals surface area contributed by atoms with Crippen LogP contribution >= 0.6 is 6.72 Å². The summed E-state index contributed by atoms with van der Waals surface area (Å²) in [6.07, 6.45) is 0.00180. The summed E-state index contributed by atoms with van der Waals surface area (Å²) in [5.74, 6) is 0. The van der Waals surface area contributed by atoms with Crippen LogP contribution in [0.1, 0.15) is 27.7 Å². The van der Waals surface area contributed by atoms with Crippen LogP contribution in [0.3, 0.4) is 0 Å². The molecule has 0 heterocycles. The average molecular weight is 491 g/mol. The van der Waals surface area contributed by atoms with Gasteiger partial charge in [-0.15, -0.1) is 0 Å². The van der Waals surface area contributed by atoms with Crippen molar-refractivity contribution in [3.63, 3.8) is 0 Å². The van der Waals surface area contributed by atoms with Crippen LogP contribution in [0.2, 0.25) is 0 Å². The summed E-state index contributed by atoms with van der Waals surface area (Å²) in [6.45, 7) is 7.74. The van der Waals surface area contributed by atoms with Crippen molar-refractivity contribution in [1.29, 1.82) is 0 Å². The second-order valence-corrected chi connectivity index (χ2v) is 7.84. The van der Waals surface area contributed by atoms with E-state index in [1.54, 1.807) is 0 Å². The van der Waals surface area contributed by atoms with Crippen molar-refractivity contribution in [2.24, 2.45) is 0 Å². The van der Waals surface area contributed by atoms with Gasteiger partial charge in [0.05, 0.1) is 0 Å². The van der Waals surface area contributed by atoms with E-state index in [-0.39, 0.29) is 6.10 Å². The summed E-state index contributed by atoms with van der Waals surface area (Å²) in [4.78, 5) is 0. The third-order valence-corrected chi connectivity index (χ3v) is 5.20. The number of hydrogen-bond donors (Lipinski definition) is 1. The van der Waals surface area contributed by atoms with Gasteiger partial charge in [-0.25, -0.2) is 0 Å². The van der Waals surface area contributed by atoms with E-state index in [1.807, 2.05) is 27.7 Å². The van der Waals surface area contributed by atoms with Gasteiger partial charge in [-0.2, -0.15) is 0 Å². The van der Waals surface area contributed by atoms with Gasteiger partial charge in [0, 0.05) is 0 Å². The Kier molecular flexibility index (Phi) is 17.8. The van der Waals surface area contributed by atoms with Gasteiger partial charge in [0.15, 0.2) is 0 Å². The van der Waals surface area contributed by atoms with E-state index in [0.29, 0.717) is 19.8 Å². The Morgan fingerprint density at radius 3 is 2.28 bits per heavy atom. The van der Waals surface area contributed by atoms with Gasteiger partial charge in [0.1, 0.15) is 0 Å². The van der Waals surface area contributed by atoms with E-state index >= 15 is 0 Å². The van der Waals surface area contributed by atoms with Crippen LogP contribution in [0.4, 0.5) is 0 Å². The normalized spacial score (nSPS) is 13.8. The van der Waals surface area contributed by atoms with Gasteiger partial charge < -0.3 is 0 Å². The van der Waals surface area contributed by atoms with Crippen LogP contribution in [0.25, 0.3) is 0 Å². The van der Waals surface area contributed by atoms with Crippen molar-refractivity contribution in [2.45, 2.75) is 33.8 Å². The minimum absolute atomic E-state index is 0.00180. The van der Waals surface area contributed by atoms with Gasteiger partial charge >= 0.3 is 119 Å². The monoisotopic (exact) mass is 491 g/mol. The maximum atomic E-state index is 5.43. The first-order chi connectivity index (χ1) is 8.54. The molecular weight excluding hydrogens is 466 g/mol. The molecule has 0 spiro atoms. The Morgan fingerprint density at radius 1 is 1.22 bits per heavy atom. The summed E-state index contributed by atoms with van der Waals surface area (Å²) < 4.78 is 24.4. The molecule has 0 aromatic heterocycles. The number of hydrogen-bond acceptors (Lipinski definition) is 6. The maximum absolute atomic E-state index is 5.43. The van der Waals surface area contributed by atoms with Crippen LogP contribution in [0.15, 0.2) is 0 Å². The second-order valence-electron chi connectivity index (χ2n) is 3.18. The van der Waals surface area contributed by atoms with Crippen LogP contribution in [-0.2, 0) is 30.1 Å². The van der Waals surface area contributed by atoms with Gasteiger partial charge in [-0.3, -0.25) is 0 Å². The summed E-state index contributed by atoms with van der Waals surface area (Å²) in [7, 11) is 1.51. The zero-order valence-corrected chi connectivity index (χ0v) is 18.2. The topological polar surface area (TPSA) is 49.0 Å². The quantitative estimate of drug-likeness (QED) is 0.287. The second kappa shape index (κ2) is 14.8. The zero-order chi connectivity index (χ0) is 14.4. The number of nitrogens with one attached hydrogen (secondary N) is 1. The molecule has 0 rings (SSSR count). The first-order valence-electron chi connectivity index (χ1n) is 6.04. The Labute approximate surface area is 133 Å². The summed E-state index contributed by atoms with van der Waals surface area (Å²) in [5, 5.41) is 0. The SMILES string of the molecule is CC.COP(=S)(OCCOCC[NH][Tl])OC(C)C. The van der Waals surface area contributed by atoms with Gasteiger partial charge in [-0.05, 0) is 0 Å². The van der Waals surface area contributed by atoms with E-state index < -0.39 is 6.72 Å². The molecule has 8 heteroatoms. The van der Waals surface area contributed by atoms with Crippen molar-refractivity contribution in [3.05, 3.63) is 0 Å². The Bertz CT molecular complexity index is 222. The van der Waals surface area contributed by atoms with Crippen molar-refractivity contribution >= 4 is 44.6 Å². The molecule has 0 aromatic rings. The van der Waals surface area contributed by atoms with E-state index in [9.17, 15) is 0 Å². The predicted molar refractivity (Wildman–Crippen MR) is 79.4 cm³/mol. The van der Waals surface area contributed by atoms with E-state index in [1.165, 1.54) is 7.11 Å². The molecule has 108 valence electrons. The standard InChI is InChI=1S/C8H19NO4PS.C2H6.Tl/c1-8(2)13-14(15,10-3)12-7-6-11-5-4-9;1-2;/h8-9H,4-7H2,1-3H3;1-2H3;/q-1;;+1. The Morgan fingerprint density at radius 2 is 1.83 bits per heavy atom. The molecule has 0 fully saturated rings. The Hall–Kier alpha value is 1.37. The fourth-order valence-electron chi connectivity index (χ4n) is 0.826. The van der Waals surface area contributed by atoms with Crippen molar-refractivity contribution in [2.75, 3.05) is 33.5 Å². The summed E-state index contributed by atoms with van der Waals surface area (Å²) in [6, 6.07) is 0. The molecule has 0 aliphatic carbocycles. The van der Waals surface area contributed by atoms with E-state index in [4.69, 9.17) is 30.1 Å². The molecule has 18 heavy (non-hydrogen) atoms. The van der Waals surface area contributed by atoms with Crippen LogP contribution < -0.4 is 3.13 Å².